The summed E-state index contributed by atoms with van der Waals surface area (Å²) in [6, 6.07) is 10.8. The molecule has 2 heterocycles. The number of furan rings is 1. The molecule has 0 fully saturated rings. The van der Waals surface area contributed by atoms with Gasteiger partial charge in [-0.1, -0.05) is 12.1 Å². The molecule has 0 saturated carbocycles. The number of nitrogens with two attached hydrogens (primary N) is 1. The summed E-state index contributed by atoms with van der Waals surface area (Å²) in [6.45, 7) is 1.94. The van der Waals surface area contributed by atoms with Crippen LogP contribution in [0.3, 0.4) is 0 Å². The first-order valence-electron chi connectivity index (χ1n) is 6.98. The van der Waals surface area contributed by atoms with Crippen molar-refractivity contribution in [3.8, 4) is 0 Å². The Kier molecular flexibility index (Phi) is 2.42. The van der Waals surface area contributed by atoms with Gasteiger partial charge in [0.05, 0.1) is 12.8 Å². The van der Waals surface area contributed by atoms with Crippen LogP contribution in [0, 0.1) is 0 Å². The van der Waals surface area contributed by atoms with Crippen LogP contribution < -0.4 is 10.6 Å². The number of nitrogens with zero attached hydrogens (tertiary/aromatic N) is 1. The maximum atomic E-state index is 6.25. The van der Waals surface area contributed by atoms with E-state index in [-0.39, 0.29) is 6.04 Å². The first kappa shape index (κ1) is 11.1. The van der Waals surface area contributed by atoms with E-state index in [1.807, 2.05) is 12.1 Å². The van der Waals surface area contributed by atoms with Crippen LogP contribution in [0.5, 0.6) is 0 Å². The minimum Gasteiger partial charge on any atom is -0.467 e. The van der Waals surface area contributed by atoms with Gasteiger partial charge < -0.3 is 15.1 Å². The molecule has 3 nitrogen and oxygen atoms in total. The summed E-state index contributed by atoms with van der Waals surface area (Å²) in [7, 11) is 0. The first-order chi connectivity index (χ1) is 9.33. The SMILES string of the molecule is NC1CC2CCN(Cc3ccco3)c3cccc1c32. The van der Waals surface area contributed by atoms with E-state index >= 15 is 0 Å². The molecule has 98 valence electrons. The number of anilines is 1. The largest absolute Gasteiger partial charge is 0.467 e. The second-order valence-corrected chi connectivity index (χ2v) is 5.61. The lowest BCUT2D eigenvalue weighted by Crippen LogP contribution is -2.29. The highest BCUT2D eigenvalue weighted by molar-refractivity contribution is 5.62. The fourth-order valence-corrected chi connectivity index (χ4v) is 3.61. The van der Waals surface area contributed by atoms with Crippen LogP contribution in [0.4, 0.5) is 5.69 Å². The number of benzene rings is 1. The molecule has 1 aliphatic heterocycles. The molecule has 0 amide bonds. The molecule has 2 atom stereocenters. The maximum Gasteiger partial charge on any atom is 0.123 e. The molecule has 0 saturated heterocycles. The predicted octanol–water partition coefficient (Wildman–Crippen LogP) is 3.18. The zero-order chi connectivity index (χ0) is 12.8. The van der Waals surface area contributed by atoms with Crippen molar-refractivity contribution in [2.45, 2.75) is 31.3 Å². The molecule has 0 radical (unpaired) electrons. The van der Waals surface area contributed by atoms with Gasteiger partial charge >= 0.3 is 0 Å². The molecule has 2 unspecified atom stereocenters. The summed E-state index contributed by atoms with van der Waals surface area (Å²) in [5, 5.41) is 0. The summed E-state index contributed by atoms with van der Waals surface area (Å²) >= 11 is 0. The number of rotatable bonds is 2. The summed E-state index contributed by atoms with van der Waals surface area (Å²) < 4.78 is 5.48. The number of hydrogen-bond acceptors (Lipinski definition) is 3. The van der Waals surface area contributed by atoms with Gasteiger partial charge in [0.2, 0.25) is 0 Å². The summed E-state index contributed by atoms with van der Waals surface area (Å²) in [5.41, 5.74) is 10.5. The zero-order valence-corrected chi connectivity index (χ0v) is 10.9. The number of hydrogen-bond donors (Lipinski definition) is 1. The fraction of sp³-hybridized carbons (Fsp3) is 0.375. The van der Waals surface area contributed by atoms with E-state index in [9.17, 15) is 0 Å². The minimum atomic E-state index is 0.225. The van der Waals surface area contributed by atoms with Gasteiger partial charge in [-0.2, -0.15) is 0 Å². The van der Waals surface area contributed by atoms with Crippen LogP contribution in [0.25, 0.3) is 0 Å². The fourth-order valence-electron chi connectivity index (χ4n) is 3.61. The Morgan fingerprint density at radius 1 is 1.26 bits per heavy atom. The van der Waals surface area contributed by atoms with Gasteiger partial charge in [0.25, 0.3) is 0 Å². The van der Waals surface area contributed by atoms with Crippen molar-refractivity contribution in [1.29, 1.82) is 0 Å². The van der Waals surface area contributed by atoms with Crippen molar-refractivity contribution < 1.29 is 4.42 Å². The summed E-state index contributed by atoms with van der Waals surface area (Å²) in [5.74, 6) is 1.69. The molecule has 2 N–H and O–H groups in total. The lowest BCUT2D eigenvalue weighted by Gasteiger charge is -2.33. The van der Waals surface area contributed by atoms with Gasteiger partial charge in [-0.25, -0.2) is 0 Å². The zero-order valence-electron chi connectivity index (χ0n) is 10.9. The molecular formula is C16H18N2O. The predicted molar refractivity (Wildman–Crippen MR) is 75.1 cm³/mol. The van der Waals surface area contributed by atoms with E-state index in [0.29, 0.717) is 5.92 Å². The topological polar surface area (TPSA) is 42.4 Å². The van der Waals surface area contributed by atoms with E-state index in [0.717, 1.165) is 25.3 Å². The highest BCUT2D eigenvalue weighted by atomic mass is 16.3. The summed E-state index contributed by atoms with van der Waals surface area (Å²) in [6.07, 6.45) is 4.06. The van der Waals surface area contributed by atoms with E-state index in [1.54, 1.807) is 6.26 Å². The first-order valence-corrected chi connectivity index (χ1v) is 6.98. The van der Waals surface area contributed by atoms with Gasteiger partial charge in [-0.3, -0.25) is 0 Å². The standard InChI is InChI=1S/C16H18N2O/c17-14-9-11-6-7-18(10-12-3-2-8-19-12)15-5-1-4-13(14)16(11)15/h1-5,8,11,14H,6-7,9-10,17H2. The Bertz CT molecular complexity index is 591. The van der Waals surface area contributed by atoms with Crippen molar-refractivity contribution in [1.82, 2.24) is 0 Å². The Hall–Kier alpha value is -1.74. The normalized spacial score (nSPS) is 24.6. The Balaban J connectivity index is 1.73. The minimum absolute atomic E-state index is 0.225. The smallest absolute Gasteiger partial charge is 0.123 e. The molecule has 1 aliphatic carbocycles. The average Bonchev–Trinajstić information content (AvgIpc) is 3.03. The van der Waals surface area contributed by atoms with Gasteiger partial charge in [-0.15, -0.1) is 0 Å². The molecular weight excluding hydrogens is 236 g/mol. The highest BCUT2D eigenvalue weighted by Crippen LogP contribution is 2.48. The molecule has 2 aliphatic rings. The maximum absolute atomic E-state index is 6.25. The molecule has 3 heteroatoms. The monoisotopic (exact) mass is 254 g/mol. The Morgan fingerprint density at radius 2 is 2.21 bits per heavy atom. The molecule has 4 rings (SSSR count). The van der Waals surface area contributed by atoms with Crippen LogP contribution in [0.2, 0.25) is 0 Å². The van der Waals surface area contributed by atoms with Crippen LogP contribution >= 0.6 is 0 Å². The lowest BCUT2D eigenvalue weighted by molar-refractivity contribution is 0.485. The van der Waals surface area contributed by atoms with Crippen molar-refractivity contribution in [3.05, 3.63) is 53.5 Å². The third kappa shape index (κ3) is 1.69. The molecule has 19 heavy (non-hydrogen) atoms. The third-order valence-corrected chi connectivity index (χ3v) is 4.48. The van der Waals surface area contributed by atoms with Crippen molar-refractivity contribution in [2.24, 2.45) is 5.73 Å². The van der Waals surface area contributed by atoms with Gasteiger partial charge in [0.15, 0.2) is 0 Å². The molecule has 2 aromatic rings. The average molecular weight is 254 g/mol. The van der Waals surface area contributed by atoms with E-state index in [2.05, 4.69) is 23.1 Å². The quantitative estimate of drug-likeness (QED) is 0.895. The van der Waals surface area contributed by atoms with Gasteiger partial charge in [0.1, 0.15) is 5.76 Å². The summed E-state index contributed by atoms with van der Waals surface area (Å²) in [4.78, 5) is 2.42. The second kappa shape index (κ2) is 4.14. The molecule has 1 aromatic heterocycles. The van der Waals surface area contributed by atoms with Crippen molar-refractivity contribution in [2.75, 3.05) is 11.4 Å². The van der Waals surface area contributed by atoms with E-state index in [1.165, 1.54) is 23.2 Å². The van der Waals surface area contributed by atoms with Crippen molar-refractivity contribution in [3.63, 3.8) is 0 Å². The Labute approximate surface area is 113 Å². The van der Waals surface area contributed by atoms with Gasteiger partial charge in [0, 0.05) is 18.3 Å². The third-order valence-electron chi connectivity index (χ3n) is 4.48. The van der Waals surface area contributed by atoms with Crippen molar-refractivity contribution >= 4 is 5.69 Å². The molecule has 1 aromatic carbocycles. The highest BCUT2D eigenvalue weighted by Gasteiger charge is 2.35. The second-order valence-electron chi connectivity index (χ2n) is 5.61. The lowest BCUT2D eigenvalue weighted by atomic mass is 9.91. The van der Waals surface area contributed by atoms with Crippen LogP contribution in [-0.2, 0) is 6.54 Å². The Morgan fingerprint density at radius 3 is 3.05 bits per heavy atom. The molecule has 0 bridgehead atoms. The van der Waals surface area contributed by atoms with Crippen LogP contribution in [-0.4, -0.2) is 6.54 Å². The van der Waals surface area contributed by atoms with E-state index in [4.69, 9.17) is 10.2 Å². The van der Waals surface area contributed by atoms with Crippen LogP contribution in [0.15, 0.2) is 41.0 Å². The van der Waals surface area contributed by atoms with Crippen LogP contribution in [0.1, 0.15) is 41.7 Å². The van der Waals surface area contributed by atoms with Gasteiger partial charge in [-0.05, 0) is 48.1 Å². The van der Waals surface area contributed by atoms with E-state index < -0.39 is 0 Å². The molecule has 0 spiro atoms.